The van der Waals surface area contributed by atoms with Crippen molar-refractivity contribution in [3.63, 3.8) is 0 Å². The summed E-state index contributed by atoms with van der Waals surface area (Å²) in [5, 5.41) is 27.0. The van der Waals surface area contributed by atoms with Gasteiger partial charge < -0.3 is 10.4 Å². The molecule has 1 aromatic rings. The summed E-state index contributed by atoms with van der Waals surface area (Å²) in [6.45, 7) is -0.0863. The fraction of sp³-hybridized carbons (Fsp3) is 0.667. The highest BCUT2D eigenvalue weighted by atomic mass is 16.6. The molecule has 1 aromatic heterocycles. The van der Waals surface area contributed by atoms with Gasteiger partial charge in [0.25, 0.3) is 0 Å². The molecule has 1 fully saturated rings. The summed E-state index contributed by atoms with van der Waals surface area (Å²) in [5.74, 6) is -0.297. The largest absolute Gasteiger partial charge is 0.391 e. The number of carbonyl (C=O) groups is 1. The van der Waals surface area contributed by atoms with E-state index in [0.717, 1.165) is 31.9 Å². The molecule has 1 heterocycles. The van der Waals surface area contributed by atoms with E-state index in [4.69, 9.17) is 0 Å². The van der Waals surface area contributed by atoms with Gasteiger partial charge >= 0.3 is 5.69 Å². The Morgan fingerprint density at radius 2 is 2.25 bits per heavy atom. The minimum Gasteiger partial charge on any atom is -0.391 e. The van der Waals surface area contributed by atoms with E-state index >= 15 is 0 Å². The maximum atomic E-state index is 11.9. The van der Waals surface area contributed by atoms with Gasteiger partial charge in [0.15, 0.2) is 0 Å². The third-order valence-electron chi connectivity index (χ3n) is 3.46. The molecule has 0 saturated heterocycles. The van der Waals surface area contributed by atoms with Crippen molar-refractivity contribution >= 4 is 11.6 Å². The van der Waals surface area contributed by atoms with Gasteiger partial charge in [-0.2, -0.15) is 5.10 Å². The molecule has 0 aliphatic heterocycles. The van der Waals surface area contributed by atoms with Crippen LogP contribution in [0, 0.1) is 10.1 Å². The topological polar surface area (TPSA) is 110 Å². The number of hydrogen-bond donors (Lipinski definition) is 2. The highest BCUT2D eigenvalue weighted by Gasteiger charge is 2.23. The average Bonchev–Trinajstić information content (AvgIpc) is 2.76. The van der Waals surface area contributed by atoms with Crippen molar-refractivity contribution in [1.82, 2.24) is 15.1 Å². The molecule has 2 unspecified atom stereocenters. The van der Waals surface area contributed by atoms with Crippen LogP contribution in [0.1, 0.15) is 32.1 Å². The van der Waals surface area contributed by atoms with Gasteiger partial charge in [0, 0.05) is 0 Å². The van der Waals surface area contributed by atoms with E-state index in [1.54, 1.807) is 0 Å². The normalized spacial score (nSPS) is 23.1. The number of aliphatic hydroxyl groups is 1. The molecule has 1 aliphatic rings. The summed E-state index contributed by atoms with van der Waals surface area (Å²) in [4.78, 5) is 21.8. The molecule has 1 aliphatic carbocycles. The zero-order chi connectivity index (χ0) is 14.5. The fourth-order valence-corrected chi connectivity index (χ4v) is 2.39. The first-order chi connectivity index (χ1) is 9.56. The Hall–Kier alpha value is -1.96. The van der Waals surface area contributed by atoms with E-state index in [0.29, 0.717) is 6.42 Å². The molecule has 0 spiro atoms. The highest BCUT2D eigenvalue weighted by molar-refractivity contribution is 5.76. The summed E-state index contributed by atoms with van der Waals surface area (Å²) in [6, 6.07) is -0.240. The van der Waals surface area contributed by atoms with Crippen molar-refractivity contribution in [3.05, 3.63) is 22.5 Å². The molecule has 8 heteroatoms. The number of amides is 1. The lowest BCUT2D eigenvalue weighted by molar-refractivity contribution is -0.385. The maximum Gasteiger partial charge on any atom is 0.307 e. The Bertz CT molecular complexity index is 488. The van der Waals surface area contributed by atoms with Gasteiger partial charge in [-0.1, -0.05) is 19.3 Å². The van der Waals surface area contributed by atoms with Gasteiger partial charge in [0.2, 0.25) is 5.91 Å². The Balaban J connectivity index is 1.89. The van der Waals surface area contributed by atoms with E-state index < -0.39 is 11.0 Å². The molecule has 0 radical (unpaired) electrons. The molecular weight excluding hydrogens is 264 g/mol. The minimum absolute atomic E-state index is 0.0863. The number of hydrogen-bond acceptors (Lipinski definition) is 5. The maximum absolute atomic E-state index is 11.9. The second-order valence-electron chi connectivity index (χ2n) is 5.03. The fourth-order valence-electron chi connectivity index (χ4n) is 2.39. The molecule has 2 atom stereocenters. The first-order valence-corrected chi connectivity index (χ1v) is 6.70. The monoisotopic (exact) mass is 282 g/mol. The van der Waals surface area contributed by atoms with Gasteiger partial charge in [-0.25, -0.2) is 0 Å². The van der Waals surface area contributed by atoms with Gasteiger partial charge in [0.05, 0.1) is 17.1 Å². The number of aliphatic hydroxyl groups excluding tert-OH is 1. The summed E-state index contributed by atoms with van der Waals surface area (Å²) in [7, 11) is 0. The molecule has 20 heavy (non-hydrogen) atoms. The predicted octanol–water partition coefficient (Wildman–Crippen LogP) is 0.601. The predicted molar refractivity (Wildman–Crippen MR) is 69.9 cm³/mol. The number of nitrogens with zero attached hydrogens (tertiary/aromatic N) is 3. The molecule has 0 aromatic carbocycles. The van der Waals surface area contributed by atoms with Gasteiger partial charge in [-0.15, -0.1) is 0 Å². The SMILES string of the molecule is O=C(Cn1cc([N+](=O)[O-])cn1)NC1CCCCCC1O. The van der Waals surface area contributed by atoms with Crippen LogP contribution in [0.5, 0.6) is 0 Å². The van der Waals surface area contributed by atoms with Crippen molar-refractivity contribution in [2.75, 3.05) is 0 Å². The van der Waals surface area contributed by atoms with Crippen molar-refractivity contribution in [2.24, 2.45) is 0 Å². The quantitative estimate of drug-likeness (QED) is 0.477. The molecule has 1 saturated carbocycles. The highest BCUT2D eigenvalue weighted by Crippen LogP contribution is 2.18. The van der Waals surface area contributed by atoms with Crippen LogP contribution in [0.2, 0.25) is 0 Å². The van der Waals surface area contributed by atoms with Crippen molar-refractivity contribution < 1.29 is 14.8 Å². The van der Waals surface area contributed by atoms with Crippen LogP contribution in [0.25, 0.3) is 0 Å². The zero-order valence-corrected chi connectivity index (χ0v) is 11.1. The lowest BCUT2D eigenvalue weighted by atomic mass is 10.1. The second kappa shape index (κ2) is 6.47. The van der Waals surface area contributed by atoms with E-state index in [2.05, 4.69) is 10.4 Å². The van der Waals surface area contributed by atoms with Crippen LogP contribution in [0.4, 0.5) is 5.69 Å². The molecular formula is C12H18N4O4. The first kappa shape index (κ1) is 14.4. The smallest absolute Gasteiger partial charge is 0.307 e. The van der Waals surface area contributed by atoms with Crippen LogP contribution >= 0.6 is 0 Å². The minimum atomic E-state index is -0.559. The Morgan fingerprint density at radius 1 is 1.50 bits per heavy atom. The van der Waals surface area contributed by atoms with Gasteiger partial charge in [-0.05, 0) is 12.8 Å². The number of carbonyl (C=O) groups excluding carboxylic acids is 1. The van der Waals surface area contributed by atoms with E-state index in [1.807, 2.05) is 0 Å². The van der Waals surface area contributed by atoms with Gasteiger partial charge in [-0.3, -0.25) is 19.6 Å². The molecule has 8 nitrogen and oxygen atoms in total. The van der Waals surface area contributed by atoms with Crippen LogP contribution in [-0.2, 0) is 11.3 Å². The first-order valence-electron chi connectivity index (χ1n) is 6.70. The molecule has 0 bridgehead atoms. The van der Waals surface area contributed by atoms with E-state index in [-0.39, 0.29) is 24.2 Å². The standard InChI is InChI=1S/C12H18N4O4/c17-11-5-3-1-2-4-10(11)14-12(18)8-15-7-9(6-13-15)16(19)20/h6-7,10-11,17H,1-5,8H2,(H,14,18). The van der Waals surface area contributed by atoms with Crippen LogP contribution in [0.3, 0.4) is 0 Å². The van der Waals surface area contributed by atoms with Crippen LogP contribution in [0.15, 0.2) is 12.4 Å². The molecule has 1 amide bonds. The Morgan fingerprint density at radius 3 is 2.95 bits per heavy atom. The Kier molecular flexibility index (Phi) is 4.67. The summed E-state index contributed by atoms with van der Waals surface area (Å²) in [5.41, 5.74) is -0.146. The lowest BCUT2D eigenvalue weighted by Gasteiger charge is -2.21. The van der Waals surface area contributed by atoms with Gasteiger partial charge in [0.1, 0.15) is 18.9 Å². The number of nitrogens with one attached hydrogen (secondary N) is 1. The zero-order valence-electron chi connectivity index (χ0n) is 11.1. The van der Waals surface area contributed by atoms with Crippen molar-refractivity contribution in [3.8, 4) is 0 Å². The van der Waals surface area contributed by atoms with Crippen LogP contribution < -0.4 is 5.32 Å². The number of rotatable bonds is 4. The number of aromatic nitrogens is 2. The molecule has 2 rings (SSSR count). The second-order valence-corrected chi connectivity index (χ2v) is 5.03. The van der Waals surface area contributed by atoms with Crippen molar-refractivity contribution in [1.29, 1.82) is 0 Å². The Labute approximate surface area is 115 Å². The number of nitro groups is 1. The van der Waals surface area contributed by atoms with Crippen molar-refractivity contribution in [2.45, 2.75) is 50.8 Å². The average molecular weight is 282 g/mol. The van der Waals surface area contributed by atoms with Crippen LogP contribution in [-0.4, -0.2) is 37.9 Å². The van der Waals surface area contributed by atoms with E-state index in [1.165, 1.54) is 10.9 Å². The third-order valence-corrected chi connectivity index (χ3v) is 3.46. The molecule has 2 N–H and O–H groups in total. The summed E-state index contributed by atoms with van der Waals surface area (Å²) < 4.78 is 1.22. The summed E-state index contributed by atoms with van der Waals surface area (Å²) >= 11 is 0. The molecule has 110 valence electrons. The van der Waals surface area contributed by atoms with E-state index in [9.17, 15) is 20.0 Å². The summed E-state index contributed by atoms with van der Waals surface area (Å²) in [6.07, 6.45) is 6.26. The lowest BCUT2D eigenvalue weighted by Crippen LogP contribution is -2.44. The third kappa shape index (κ3) is 3.77.